The van der Waals surface area contributed by atoms with E-state index in [-0.39, 0.29) is 0 Å². The van der Waals surface area contributed by atoms with Gasteiger partial charge < -0.3 is 5.32 Å². The normalized spacial score (nSPS) is 38.5. The highest BCUT2D eigenvalue weighted by Crippen LogP contribution is 2.39. The number of hydrogen-bond donors (Lipinski definition) is 1. The molecule has 98 valence electrons. The lowest BCUT2D eigenvalue weighted by Crippen LogP contribution is -2.34. The summed E-state index contributed by atoms with van der Waals surface area (Å²) in [4.78, 5) is 11.7. The summed E-state index contributed by atoms with van der Waals surface area (Å²) < 4.78 is 0. The number of carbonyl (C=O) groups is 1. The lowest BCUT2D eigenvalue weighted by molar-refractivity contribution is -0.119. The molecule has 1 amide bonds. The van der Waals surface area contributed by atoms with E-state index in [0.717, 1.165) is 24.7 Å². The zero-order valence-corrected chi connectivity index (χ0v) is 11.5. The van der Waals surface area contributed by atoms with Crippen molar-refractivity contribution in [3.8, 4) is 0 Å². The topological polar surface area (TPSA) is 29.1 Å². The first-order valence-electron chi connectivity index (χ1n) is 7.35. The largest absolute Gasteiger partial charge is 0.353 e. The number of amides is 1. The van der Waals surface area contributed by atoms with Gasteiger partial charge in [0.25, 0.3) is 0 Å². The Balaban J connectivity index is 1.99. The van der Waals surface area contributed by atoms with Crippen LogP contribution in [-0.2, 0) is 4.79 Å². The Bertz CT molecular complexity index is 274. The van der Waals surface area contributed by atoms with Gasteiger partial charge in [-0.25, -0.2) is 0 Å². The van der Waals surface area contributed by atoms with Crippen molar-refractivity contribution in [3.63, 3.8) is 0 Å². The summed E-state index contributed by atoms with van der Waals surface area (Å²) in [6.07, 6.45) is 7.38. The second-order valence-corrected chi connectivity index (χ2v) is 6.70. The minimum atomic E-state index is 0.291. The molecule has 0 radical (unpaired) electrons. The van der Waals surface area contributed by atoms with Gasteiger partial charge in [0.2, 0.25) is 5.91 Å². The first kappa shape index (κ1) is 12.9. The van der Waals surface area contributed by atoms with Crippen LogP contribution < -0.4 is 5.32 Å². The van der Waals surface area contributed by atoms with E-state index in [1.165, 1.54) is 25.7 Å². The summed E-state index contributed by atoms with van der Waals surface area (Å²) in [6.45, 7) is 6.88. The summed E-state index contributed by atoms with van der Waals surface area (Å²) >= 11 is 0. The average molecular weight is 237 g/mol. The molecule has 0 bridgehead atoms. The Kier molecular flexibility index (Phi) is 4.11. The molecule has 0 aromatic heterocycles. The van der Waals surface area contributed by atoms with Gasteiger partial charge >= 0.3 is 0 Å². The third kappa shape index (κ3) is 3.23. The number of hydrogen-bond acceptors (Lipinski definition) is 1. The molecule has 1 aliphatic heterocycles. The van der Waals surface area contributed by atoms with Gasteiger partial charge in [-0.3, -0.25) is 4.79 Å². The van der Waals surface area contributed by atoms with Gasteiger partial charge in [0.1, 0.15) is 0 Å². The molecule has 4 atom stereocenters. The summed E-state index contributed by atoms with van der Waals surface area (Å²) in [5.74, 6) is 3.25. The SMILES string of the molecule is CC(C)CC1NC(=O)CC1C1CCCC(C)C1. The maximum atomic E-state index is 11.7. The van der Waals surface area contributed by atoms with Gasteiger partial charge in [0.05, 0.1) is 0 Å². The predicted octanol–water partition coefficient (Wildman–Crippen LogP) is 3.36. The lowest BCUT2D eigenvalue weighted by Gasteiger charge is -2.34. The molecule has 0 aromatic rings. The molecule has 1 saturated heterocycles. The van der Waals surface area contributed by atoms with Crippen molar-refractivity contribution in [2.24, 2.45) is 23.7 Å². The van der Waals surface area contributed by atoms with E-state index in [9.17, 15) is 4.79 Å². The third-order valence-electron chi connectivity index (χ3n) is 4.59. The van der Waals surface area contributed by atoms with Gasteiger partial charge in [-0.1, -0.05) is 40.0 Å². The van der Waals surface area contributed by atoms with Crippen LogP contribution >= 0.6 is 0 Å². The Hall–Kier alpha value is -0.530. The molecular formula is C15H27NO. The molecule has 1 N–H and O–H groups in total. The van der Waals surface area contributed by atoms with Gasteiger partial charge in [-0.2, -0.15) is 0 Å². The zero-order chi connectivity index (χ0) is 12.4. The quantitative estimate of drug-likeness (QED) is 0.801. The van der Waals surface area contributed by atoms with E-state index in [0.29, 0.717) is 23.8 Å². The molecular weight excluding hydrogens is 210 g/mol. The fraction of sp³-hybridized carbons (Fsp3) is 0.933. The molecule has 4 unspecified atom stereocenters. The highest BCUT2D eigenvalue weighted by molar-refractivity contribution is 5.79. The summed E-state index contributed by atoms with van der Waals surface area (Å²) in [7, 11) is 0. The zero-order valence-electron chi connectivity index (χ0n) is 11.5. The van der Waals surface area contributed by atoms with Crippen LogP contribution in [0.5, 0.6) is 0 Å². The second-order valence-electron chi connectivity index (χ2n) is 6.70. The maximum Gasteiger partial charge on any atom is 0.220 e. The van der Waals surface area contributed by atoms with Crippen molar-refractivity contribution >= 4 is 5.91 Å². The van der Waals surface area contributed by atoms with E-state index in [1.54, 1.807) is 0 Å². The molecule has 2 rings (SSSR count). The third-order valence-corrected chi connectivity index (χ3v) is 4.59. The number of rotatable bonds is 3. The minimum absolute atomic E-state index is 0.291. The fourth-order valence-corrected chi connectivity index (χ4v) is 3.84. The fourth-order valence-electron chi connectivity index (χ4n) is 3.84. The van der Waals surface area contributed by atoms with Crippen molar-refractivity contribution < 1.29 is 4.79 Å². The van der Waals surface area contributed by atoms with Crippen LogP contribution in [0.2, 0.25) is 0 Å². The van der Waals surface area contributed by atoms with Crippen LogP contribution in [0.4, 0.5) is 0 Å². The van der Waals surface area contributed by atoms with Gasteiger partial charge in [0.15, 0.2) is 0 Å². The summed E-state index contributed by atoms with van der Waals surface area (Å²) in [6, 6.07) is 0.456. The average Bonchev–Trinajstić information content (AvgIpc) is 2.58. The second kappa shape index (κ2) is 5.41. The van der Waals surface area contributed by atoms with Crippen LogP contribution in [-0.4, -0.2) is 11.9 Å². The first-order valence-corrected chi connectivity index (χ1v) is 7.35. The van der Waals surface area contributed by atoms with Crippen molar-refractivity contribution in [2.75, 3.05) is 0 Å². The molecule has 1 aliphatic carbocycles. The molecule has 1 saturated carbocycles. The van der Waals surface area contributed by atoms with Crippen LogP contribution in [0.25, 0.3) is 0 Å². The Morgan fingerprint density at radius 2 is 2.12 bits per heavy atom. The van der Waals surface area contributed by atoms with E-state index in [4.69, 9.17) is 0 Å². The van der Waals surface area contributed by atoms with Gasteiger partial charge in [-0.15, -0.1) is 0 Å². The van der Waals surface area contributed by atoms with Crippen molar-refractivity contribution in [1.29, 1.82) is 0 Å². The minimum Gasteiger partial charge on any atom is -0.353 e. The van der Waals surface area contributed by atoms with Crippen LogP contribution in [0, 0.1) is 23.7 Å². The number of nitrogens with one attached hydrogen (secondary N) is 1. The maximum absolute atomic E-state index is 11.7. The summed E-state index contributed by atoms with van der Waals surface area (Å²) in [5, 5.41) is 3.21. The highest BCUT2D eigenvalue weighted by atomic mass is 16.2. The van der Waals surface area contributed by atoms with Crippen LogP contribution in [0.1, 0.15) is 59.3 Å². The van der Waals surface area contributed by atoms with Crippen molar-refractivity contribution in [1.82, 2.24) is 5.32 Å². The van der Waals surface area contributed by atoms with E-state index >= 15 is 0 Å². The molecule has 2 fully saturated rings. The smallest absolute Gasteiger partial charge is 0.220 e. The lowest BCUT2D eigenvalue weighted by atomic mass is 9.72. The molecule has 2 nitrogen and oxygen atoms in total. The van der Waals surface area contributed by atoms with Gasteiger partial charge in [0, 0.05) is 12.5 Å². The molecule has 2 heteroatoms. The van der Waals surface area contributed by atoms with Gasteiger partial charge in [-0.05, 0) is 36.5 Å². The molecule has 0 aromatic carbocycles. The van der Waals surface area contributed by atoms with E-state index in [2.05, 4.69) is 26.1 Å². The Labute approximate surface area is 106 Å². The van der Waals surface area contributed by atoms with E-state index in [1.807, 2.05) is 0 Å². The Morgan fingerprint density at radius 3 is 2.76 bits per heavy atom. The van der Waals surface area contributed by atoms with Crippen molar-refractivity contribution in [3.05, 3.63) is 0 Å². The monoisotopic (exact) mass is 237 g/mol. The Morgan fingerprint density at radius 1 is 1.35 bits per heavy atom. The molecule has 17 heavy (non-hydrogen) atoms. The standard InChI is InChI=1S/C15H27NO/c1-10(2)7-14-13(9-15(17)16-14)12-6-4-5-11(3)8-12/h10-14H,4-9H2,1-3H3,(H,16,17). The molecule has 1 heterocycles. The highest BCUT2D eigenvalue weighted by Gasteiger charge is 2.38. The predicted molar refractivity (Wildman–Crippen MR) is 70.6 cm³/mol. The number of carbonyl (C=O) groups excluding carboxylic acids is 1. The van der Waals surface area contributed by atoms with E-state index < -0.39 is 0 Å². The summed E-state index contributed by atoms with van der Waals surface area (Å²) in [5.41, 5.74) is 0. The van der Waals surface area contributed by atoms with Crippen LogP contribution in [0.15, 0.2) is 0 Å². The first-order chi connectivity index (χ1) is 8.06. The molecule has 2 aliphatic rings. The van der Waals surface area contributed by atoms with Crippen molar-refractivity contribution in [2.45, 2.75) is 65.3 Å². The van der Waals surface area contributed by atoms with Crippen LogP contribution in [0.3, 0.4) is 0 Å². The molecule has 0 spiro atoms.